The van der Waals surface area contributed by atoms with Gasteiger partial charge in [0.1, 0.15) is 0 Å². The molecule has 0 aliphatic carbocycles. The lowest BCUT2D eigenvalue weighted by atomic mass is 10.4. The van der Waals surface area contributed by atoms with E-state index in [0.29, 0.717) is 5.84 Å². The summed E-state index contributed by atoms with van der Waals surface area (Å²) in [5, 5.41) is 7.51. The molecule has 1 rings (SSSR count). The molecule has 5 nitrogen and oxygen atoms in total. The van der Waals surface area contributed by atoms with Crippen molar-refractivity contribution < 1.29 is 0 Å². The first-order valence-electron chi connectivity index (χ1n) is 3.89. The van der Waals surface area contributed by atoms with Gasteiger partial charge in [-0.1, -0.05) is 5.21 Å². The highest BCUT2D eigenvalue weighted by Crippen LogP contribution is 1.87. The number of aromatic nitrogens is 3. The number of aliphatic imine (C=N–C) groups is 1. The van der Waals surface area contributed by atoms with Crippen LogP contribution in [0, 0.1) is 0 Å². The van der Waals surface area contributed by atoms with Crippen molar-refractivity contribution in [2.24, 2.45) is 10.7 Å². The van der Waals surface area contributed by atoms with Crippen molar-refractivity contribution in [2.45, 2.75) is 19.9 Å². The van der Waals surface area contributed by atoms with Crippen LogP contribution < -0.4 is 5.73 Å². The van der Waals surface area contributed by atoms with E-state index >= 15 is 0 Å². The Morgan fingerprint density at radius 2 is 2.50 bits per heavy atom. The van der Waals surface area contributed by atoms with Crippen LogP contribution in [-0.4, -0.2) is 27.4 Å². The fourth-order valence-electron chi connectivity index (χ4n) is 0.840. The number of aryl methyl sites for hydroxylation is 1. The molecule has 0 aliphatic heterocycles. The Morgan fingerprint density at radius 3 is 3.08 bits per heavy atom. The van der Waals surface area contributed by atoms with Crippen LogP contribution in [0.2, 0.25) is 0 Å². The summed E-state index contributed by atoms with van der Waals surface area (Å²) in [7, 11) is 0. The standard InChI is InChI=1S/C7H13N5/c1-7(8)9-3-2-5-12-6-4-10-11-12/h4,6H,2-3,5H2,1H3,(H2,8,9). The average Bonchev–Trinajstić information content (AvgIpc) is 2.49. The Hall–Kier alpha value is -1.39. The molecule has 0 aliphatic rings. The maximum absolute atomic E-state index is 5.37. The smallest absolute Gasteiger partial charge is 0.0905 e. The van der Waals surface area contributed by atoms with E-state index in [-0.39, 0.29) is 0 Å². The van der Waals surface area contributed by atoms with Crippen LogP contribution in [0.4, 0.5) is 0 Å². The Morgan fingerprint density at radius 1 is 1.67 bits per heavy atom. The normalized spacial score (nSPS) is 11.9. The molecule has 1 heterocycles. The van der Waals surface area contributed by atoms with E-state index in [2.05, 4.69) is 15.3 Å². The fourth-order valence-corrected chi connectivity index (χ4v) is 0.840. The van der Waals surface area contributed by atoms with Gasteiger partial charge in [-0.05, 0) is 13.3 Å². The van der Waals surface area contributed by atoms with Gasteiger partial charge in [0.05, 0.1) is 12.0 Å². The fraction of sp³-hybridized carbons (Fsp3) is 0.571. The molecular weight excluding hydrogens is 154 g/mol. The van der Waals surface area contributed by atoms with E-state index in [1.54, 1.807) is 17.8 Å². The van der Waals surface area contributed by atoms with Crippen molar-refractivity contribution >= 4 is 5.84 Å². The average molecular weight is 167 g/mol. The second-order valence-electron chi connectivity index (χ2n) is 2.54. The summed E-state index contributed by atoms with van der Waals surface area (Å²) in [4.78, 5) is 4.06. The van der Waals surface area contributed by atoms with Crippen molar-refractivity contribution in [2.75, 3.05) is 6.54 Å². The predicted octanol–water partition coefficient (Wildman–Crippen LogP) is 0.0453. The zero-order valence-corrected chi connectivity index (χ0v) is 7.14. The van der Waals surface area contributed by atoms with Crippen LogP contribution in [0.25, 0.3) is 0 Å². The minimum atomic E-state index is 0.633. The molecule has 2 N–H and O–H groups in total. The summed E-state index contributed by atoms with van der Waals surface area (Å²) < 4.78 is 1.78. The van der Waals surface area contributed by atoms with E-state index in [1.165, 1.54) is 0 Å². The van der Waals surface area contributed by atoms with Crippen LogP contribution in [-0.2, 0) is 6.54 Å². The Bertz CT molecular complexity index is 234. The lowest BCUT2D eigenvalue weighted by Crippen LogP contribution is -2.07. The van der Waals surface area contributed by atoms with Gasteiger partial charge in [0.15, 0.2) is 0 Å². The minimum absolute atomic E-state index is 0.633. The third-order valence-corrected chi connectivity index (χ3v) is 1.38. The maximum Gasteiger partial charge on any atom is 0.0905 e. The maximum atomic E-state index is 5.37. The summed E-state index contributed by atoms with van der Waals surface area (Å²) in [6, 6.07) is 0. The number of nitrogens with two attached hydrogens (primary N) is 1. The van der Waals surface area contributed by atoms with Crippen molar-refractivity contribution in [1.82, 2.24) is 15.0 Å². The molecule has 0 atom stereocenters. The Balaban J connectivity index is 2.16. The van der Waals surface area contributed by atoms with Crippen molar-refractivity contribution in [3.05, 3.63) is 12.4 Å². The van der Waals surface area contributed by atoms with Crippen molar-refractivity contribution in [3.8, 4) is 0 Å². The topological polar surface area (TPSA) is 69.1 Å². The summed E-state index contributed by atoms with van der Waals surface area (Å²) in [5.41, 5.74) is 5.37. The molecule has 0 spiro atoms. The zero-order chi connectivity index (χ0) is 8.81. The van der Waals surface area contributed by atoms with Gasteiger partial charge >= 0.3 is 0 Å². The van der Waals surface area contributed by atoms with Crippen LogP contribution in [0.1, 0.15) is 13.3 Å². The first kappa shape index (κ1) is 8.70. The molecule has 0 radical (unpaired) electrons. The van der Waals surface area contributed by atoms with Gasteiger partial charge in [-0.15, -0.1) is 5.10 Å². The first-order chi connectivity index (χ1) is 5.79. The van der Waals surface area contributed by atoms with Crippen LogP contribution in [0.3, 0.4) is 0 Å². The van der Waals surface area contributed by atoms with Crippen molar-refractivity contribution in [3.63, 3.8) is 0 Å². The third kappa shape index (κ3) is 3.14. The van der Waals surface area contributed by atoms with Gasteiger partial charge in [-0.3, -0.25) is 9.67 Å². The largest absolute Gasteiger partial charge is 0.388 e. The number of hydrogen-bond acceptors (Lipinski definition) is 3. The van der Waals surface area contributed by atoms with Crippen LogP contribution in [0.15, 0.2) is 17.4 Å². The molecule has 0 fully saturated rings. The highest BCUT2D eigenvalue weighted by molar-refractivity contribution is 5.77. The van der Waals surface area contributed by atoms with Crippen molar-refractivity contribution in [1.29, 1.82) is 0 Å². The Kier molecular flexibility index (Phi) is 3.25. The van der Waals surface area contributed by atoms with Gasteiger partial charge < -0.3 is 5.73 Å². The lowest BCUT2D eigenvalue weighted by Gasteiger charge is -1.96. The first-order valence-corrected chi connectivity index (χ1v) is 3.89. The van der Waals surface area contributed by atoms with Gasteiger partial charge in [-0.25, -0.2) is 0 Å². The molecule has 0 aromatic carbocycles. The van der Waals surface area contributed by atoms with Crippen LogP contribution in [0.5, 0.6) is 0 Å². The monoisotopic (exact) mass is 167 g/mol. The molecule has 12 heavy (non-hydrogen) atoms. The van der Waals surface area contributed by atoms with Gasteiger partial charge in [0.2, 0.25) is 0 Å². The summed E-state index contributed by atoms with van der Waals surface area (Å²) >= 11 is 0. The van der Waals surface area contributed by atoms with Crippen LogP contribution >= 0.6 is 0 Å². The van der Waals surface area contributed by atoms with Gasteiger partial charge in [-0.2, -0.15) is 0 Å². The van der Waals surface area contributed by atoms with E-state index in [1.807, 2.05) is 6.20 Å². The summed E-state index contributed by atoms with van der Waals surface area (Å²) in [6.07, 6.45) is 4.44. The predicted molar refractivity (Wildman–Crippen MR) is 46.8 cm³/mol. The van der Waals surface area contributed by atoms with E-state index < -0.39 is 0 Å². The highest BCUT2D eigenvalue weighted by atomic mass is 15.4. The quantitative estimate of drug-likeness (QED) is 0.391. The SMILES string of the molecule is CC(N)=NCCCn1ccnn1. The molecule has 66 valence electrons. The van der Waals surface area contributed by atoms with E-state index in [9.17, 15) is 0 Å². The molecule has 0 bridgehead atoms. The Labute approximate surface area is 71.3 Å². The van der Waals surface area contributed by atoms with E-state index in [0.717, 1.165) is 19.5 Å². The molecule has 0 amide bonds. The molecular formula is C7H13N5. The molecule has 0 saturated heterocycles. The summed E-state index contributed by atoms with van der Waals surface area (Å²) in [6.45, 7) is 3.38. The highest BCUT2D eigenvalue weighted by Gasteiger charge is 1.89. The molecule has 1 aromatic rings. The zero-order valence-electron chi connectivity index (χ0n) is 7.14. The second kappa shape index (κ2) is 4.48. The van der Waals surface area contributed by atoms with Gasteiger partial charge in [0, 0.05) is 19.3 Å². The number of rotatable bonds is 4. The third-order valence-electron chi connectivity index (χ3n) is 1.38. The van der Waals surface area contributed by atoms with Gasteiger partial charge in [0.25, 0.3) is 0 Å². The molecule has 0 saturated carbocycles. The molecule has 0 unspecified atom stereocenters. The minimum Gasteiger partial charge on any atom is -0.388 e. The number of nitrogens with zero attached hydrogens (tertiary/aromatic N) is 4. The summed E-state index contributed by atoms with van der Waals surface area (Å²) in [5.74, 6) is 0.633. The number of amidine groups is 1. The second-order valence-corrected chi connectivity index (χ2v) is 2.54. The lowest BCUT2D eigenvalue weighted by molar-refractivity contribution is 0.564. The molecule has 1 aromatic heterocycles. The molecule has 5 heteroatoms. The van der Waals surface area contributed by atoms with E-state index in [4.69, 9.17) is 5.73 Å². The number of hydrogen-bond donors (Lipinski definition) is 1.